The number of halogens is 2. The molecule has 1 heterocycles. The minimum Gasteiger partial charge on any atom is -0.486 e. The van der Waals surface area contributed by atoms with Gasteiger partial charge in [0.25, 0.3) is 0 Å². The highest BCUT2D eigenvalue weighted by Gasteiger charge is 2.09. The van der Waals surface area contributed by atoms with Gasteiger partial charge in [-0.1, -0.05) is 18.2 Å². The van der Waals surface area contributed by atoms with Crippen LogP contribution in [0.1, 0.15) is 16.3 Å². The molecule has 3 rings (SSSR count). The summed E-state index contributed by atoms with van der Waals surface area (Å²) in [6.07, 6.45) is 0.113. The van der Waals surface area contributed by atoms with Gasteiger partial charge >= 0.3 is 0 Å². The molecule has 3 aromatic rings. The summed E-state index contributed by atoms with van der Waals surface area (Å²) in [4.78, 5) is 16.3. The normalized spacial score (nSPS) is 10.5. The van der Waals surface area contributed by atoms with Gasteiger partial charge in [0, 0.05) is 17.5 Å². The summed E-state index contributed by atoms with van der Waals surface area (Å²) < 4.78 is 31.9. The van der Waals surface area contributed by atoms with Crippen LogP contribution in [0.4, 0.5) is 8.78 Å². The lowest BCUT2D eigenvalue weighted by molar-refractivity contribution is -0.120. The Bertz CT molecular complexity index is 881. The Labute approximate surface area is 153 Å². The third-order valence-electron chi connectivity index (χ3n) is 3.55. The van der Waals surface area contributed by atoms with Crippen molar-refractivity contribution in [1.29, 1.82) is 0 Å². The van der Waals surface area contributed by atoms with E-state index in [-0.39, 0.29) is 37.1 Å². The van der Waals surface area contributed by atoms with E-state index in [4.69, 9.17) is 4.74 Å². The van der Waals surface area contributed by atoms with Crippen molar-refractivity contribution >= 4 is 17.2 Å². The van der Waals surface area contributed by atoms with Crippen molar-refractivity contribution in [2.45, 2.75) is 19.6 Å². The van der Waals surface area contributed by atoms with Gasteiger partial charge < -0.3 is 10.1 Å². The fraction of sp³-hybridized carbons (Fsp3) is 0.158. The third kappa shape index (κ3) is 5.10. The second kappa shape index (κ2) is 8.53. The van der Waals surface area contributed by atoms with Crippen LogP contribution in [0.5, 0.6) is 5.75 Å². The average Bonchev–Trinajstić information content (AvgIpc) is 3.08. The quantitative estimate of drug-likeness (QED) is 0.683. The van der Waals surface area contributed by atoms with Crippen LogP contribution in [0.2, 0.25) is 0 Å². The van der Waals surface area contributed by atoms with Crippen molar-refractivity contribution in [3.8, 4) is 5.75 Å². The maximum atomic E-state index is 13.5. The van der Waals surface area contributed by atoms with Gasteiger partial charge in [0.15, 0.2) is 0 Å². The highest BCUT2D eigenvalue weighted by atomic mass is 32.1. The van der Waals surface area contributed by atoms with Crippen molar-refractivity contribution in [3.05, 3.63) is 81.8 Å². The molecule has 0 spiro atoms. The summed E-state index contributed by atoms with van der Waals surface area (Å²) >= 11 is 1.38. The molecule has 1 aromatic heterocycles. The van der Waals surface area contributed by atoms with Crippen molar-refractivity contribution < 1.29 is 18.3 Å². The molecule has 0 aliphatic rings. The molecule has 7 heteroatoms. The fourth-order valence-corrected chi connectivity index (χ4v) is 2.94. The lowest BCUT2D eigenvalue weighted by Gasteiger charge is -2.05. The number of aromatic nitrogens is 1. The molecule has 4 nitrogen and oxygen atoms in total. The smallest absolute Gasteiger partial charge is 0.226 e. The topological polar surface area (TPSA) is 51.2 Å². The molecule has 0 fully saturated rings. The molecule has 1 N–H and O–H groups in total. The van der Waals surface area contributed by atoms with E-state index in [0.717, 1.165) is 0 Å². The van der Waals surface area contributed by atoms with E-state index < -0.39 is 0 Å². The molecule has 0 aliphatic carbocycles. The van der Waals surface area contributed by atoms with E-state index in [1.54, 1.807) is 35.7 Å². The summed E-state index contributed by atoms with van der Waals surface area (Å²) in [6.45, 7) is 0.378. The van der Waals surface area contributed by atoms with E-state index in [0.29, 0.717) is 22.0 Å². The van der Waals surface area contributed by atoms with Crippen LogP contribution in [0, 0.1) is 11.6 Å². The predicted octanol–water partition coefficient (Wildman–Crippen LogP) is 3.86. The fourth-order valence-electron chi connectivity index (χ4n) is 2.23. The number of carbonyl (C=O) groups is 1. The van der Waals surface area contributed by atoms with E-state index in [9.17, 15) is 13.6 Å². The number of hydrogen-bond acceptors (Lipinski definition) is 4. The summed E-state index contributed by atoms with van der Waals surface area (Å²) in [7, 11) is 0. The van der Waals surface area contributed by atoms with E-state index in [1.165, 1.54) is 29.5 Å². The Morgan fingerprint density at radius 1 is 1.12 bits per heavy atom. The third-order valence-corrected chi connectivity index (χ3v) is 4.42. The summed E-state index contributed by atoms with van der Waals surface area (Å²) in [6, 6.07) is 12.0. The Balaban J connectivity index is 1.47. The van der Waals surface area contributed by atoms with Crippen molar-refractivity contribution in [2.75, 3.05) is 0 Å². The van der Waals surface area contributed by atoms with Crippen LogP contribution in [-0.2, 0) is 24.4 Å². The number of benzene rings is 2. The Kier molecular flexibility index (Phi) is 5.91. The molecule has 26 heavy (non-hydrogen) atoms. The number of thiazole rings is 1. The monoisotopic (exact) mass is 374 g/mol. The first kappa shape index (κ1) is 18.0. The largest absolute Gasteiger partial charge is 0.486 e. The van der Waals surface area contributed by atoms with Crippen molar-refractivity contribution in [3.63, 3.8) is 0 Å². The molecule has 2 aromatic carbocycles. The SMILES string of the molecule is O=C(Cc1csc(COc2ccc(F)cc2)n1)NCc1ccccc1F. The first-order valence-corrected chi connectivity index (χ1v) is 8.80. The summed E-state index contributed by atoms with van der Waals surface area (Å²) in [5, 5.41) is 5.18. The molecular formula is C19H16F2N2O2S. The minimum absolute atomic E-state index is 0.113. The molecular weight excluding hydrogens is 358 g/mol. The molecule has 0 bridgehead atoms. The van der Waals surface area contributed by atoms with Gasteiger partial charge in [0.1, 0.15) is 29.0 Å². The molecule has 0 aliphatic heterocycles. The average molecular weight is 374 g/mol. The lowest BCUT2D eigenvalue weighted by atomic mass is 10.2. The van der Waals surface area contributed by atoms with E-state index >= 15 is 0 Å². The van der Waals surface area contributed by atoms with Crippen molar-refractivity contribution in [2.24, 2.45) is 0 Å². The highest BCUT2D eigenvalue weighted by Crippen LogP contribution is 2.16. The zero-order valence-electron chi connectivity index (χ0n) is 13.7. The van der Waals surface area contributed by atoms with Gasteiger partial charge in [-0.2, -0.15) is 0 Å². The maximum absolute atomic E-state index is 13.5. The number of hydrogen-bond donors (Lipinski definition) is 1. The summed E-state index contributed by atoms with van der Waals surface area (Å²) in [5.74, 6) is -0.354. The van der Waals surface area contributed by atoms with Gasteiger partial charge in [-0.05, 0) is 30.3 Å². The Morgan fingerprint density at radius 2 is 1.88 bits per heavy atom. The molecule has 0 saturated heterocycles. The van der Waals surface area contributed by atoms with Crippen LogP contribution in [-0.4, -0.2) is 10.9 Å². The van der Waals surface area contributed by atoms with Crippen LogP contribution in [0.25, 0.3) is 0 Å². The van der Waals surface area contributed by atoms with Gasteiger partial charge in [0.05, 0.1) is 12.1 Å². The number of nitrogens with one attached hydrogen (secondary N) is 1. The predicted molar refractivity (Wildman–Crippen MR) is 94.8 cm³/mol. The molecule has 0 unspecified atom stereocenters. The van der Waals surface area contributed by atoms with Gasteiger partial charge in [-0.15, -0.1) is 11.3 Å². The zero-order chi connectivity index (χ0) is 18.4. The number of amides is 1. The van der Waals surface area contributed by atoms with Crippen molar-refractivity contribution in [1.82, 2.24) is 10.3 Å². The van der Waals surface area contributed by atoms with Gasteiger partial charge in [-0.25, -0.2) is 13.8 Å². The lowest BCUT2D eigenvalue weighted by Crippen LogP contribution is -2.25. The van der Waals surface area contributed by atoms with Crippen LogP contribution in [0.15, 0.2) is 53.9 Å². The number of ether oxygens (including phenoxy) is 1. The summed E-state index contributed by atoms with van der Waals surface area (Å²) in [5.41, 5.74) is 1.06. The number of rotatable bonds is 7. The van der Waals surface area contributed by atoms with E-state index in [1.807, 2.05) is 0 Å². The number of nitrogens with zero attached hydrogens (tertiary/aromatic N) is 1. The minimum atomic E-state index is -0.346. The van der Waals surface area contributed by atoms with Crippen LogP contribution in [0.3, 0.4) is 0 Å². The zero-order valence-corrected chi connectivity index (χ0v) is 14.6. The second-order valence-corrected chi connectivity index (χ2v) is 6.46. The maximum Gasteiger partial charge on any atom is 0.226 e. The van der Waals surface area contributed by atoms with Crippen LogP contribution >= 0.6 is 11.3 Å². The standard InChI is InChI=1S/C19H16F2N2O2S/c20-14-5-7-16(8-6-14)25-11-19-23-15(12-26-19)9-18(24)22-10-13-3-1-2-4-17(13)21/h1-8,12H,9-11H2,(H,22,24). The number of carbonyl (C=O) groups excluding carboxylic acids is 1. The molecule has 0 radical (unpaired) electrons. The highest BCUT2D eigenvalue weighted by molar-refractivity contribution is 7.09. The molecule has 1 amide bonds. The van der Waals surface area contributed by atoms with Crippen LogP contribution < -0.4 is 10.1 Å². The van der Waals surface area contributed by atoms with E-state index in [2.05, 4.69) is 10.3 Å². The van der Waals surface area contributed by atoms with Gasteiger partial charge in [-0.3, -0.25) is 4.79 Å². The molecule has 134 valence electrons. The Morgan fingerprint density at radius 3 is 2.65 bits per heavy atom. The first-order valence-electron chi connectivity index (χ1n) is 7.92. The Hall–Kier alpha value is -2.80. The molecule has 0 atom stereocenters. The first-order chi connectivity index (χ1) is 12.6. The van der Waals surface area contributed by atoms with Gasteiger partial charge in [0.2, 0.25) is 5.91 Å². The molecule has 0 saturated carbocycles. The second-order valence-electron chi connectivity index (χ2n) is 5.52.